The third-order valence-corrected chi connectivity index (χ3v) is 2.87. The van der Waals surface area contributed by atoms with Gasteiger partial charge < -0.3 is 15.2 Å². The van der Waals surface area contributed by atoms with Gasteiger partial charge in [0.2, 0.25) is 0 Å². The molecule has 0 unspecified atom stereocenters. The number of rotatable bonds is 2. The van der Waals surface area contributed by atoms with Crippen molar-refractivity contribution in [2.45, 2.75) is 38.9 Å². The summed E-state index contributed by atoms with van der Waals surface area (Å²) < 4.78 is 5.70. The van der Waals surface area contributed by atoms with Gasteiger partial charge in [0, 0.05) is 0 Å². The van der Waals surface area contributed by atoms with Crippen molar-refractivity contribution in [1.29, 1.82) is 0 Å². The molecule has 0 radical (unpaired) electrons. The molecular formula is C13H17NO3. The van der Waals surface area contributed by atoms with Crippen LogP contribution in [0.2, 0.25) is 0 Å². The molecule has 2 rings (SSSR count). The summed E-state index contributed by atoms with van der Waals surface area (Å²) >= 11 is 0. The van der Waals surface area contributed by atoms with E-state index in [4.69, 9.17) is 4.74 Å². The number of aliphatic hydroxyl groups is 1. The zero-order valence-electron chi connectivity index (χ0n) is 10.1. The lowest BCUT2D eigenvalue weighted by Gasteiger charge is -2.19. The molecule has 1 aromatic carbocycles. The van der Waals surface area contributed by atoms with E-state index in [0.29, 0.717) is 17.9 Å². The number of fused-ring (bicyclic) bond motifs is 1. The van der Waals surface area contributed by atoms with Gasteiger partial charge in [-0.15, -0.1) is 0 Å². The van der Waals surface area contributed by atoms with E-state index in [9.17, 15) is 9.90 Å². The zero-order chi connectivity index (χ0) is 12.4. The standard InChI is InChI=1S/C13H17NO3/c1-3-4-11-12(15)13(16)14-9-7-8(2)5-6-10(9)17-11/h5-7,11-12,15H,3-4H2,1-2H3,(H,14,16)/t11-,12-/m1/s1. The molecule has 0 aliphatic carbocycles. The van der Waals surface area contributed by atoms with Crippen molar-refractivity contribution in [2.75, 3.05) is 5.32 Å². The van der Waals surface area contributed by atoms with Crippen molar-refractivity contribution >= 4 is 11.6 Å². The second-order valence-electron chi connectivity index (χ2n) is 4.38. The Hall–Kier alpha value is -1.55. The first-order chi connectivity index (χ1) is 8.11. The van der Waals surface area contributed by atoms with Crippen LogP contribution < -0.4 is 10.1 Å². The molecule has 4 nitrogen and oxygen atoms in total. The Morgan fingerprint density at radius 2 is 2.24 bits per heavy atom. The van der Waals surface area contributed by atoms with Gasteiger partial charge in [-0.05, 0) is 31.0 Å². The number of hydrogen-bond donors (Lipinski definition) is 2. The molecule has 1 aliphatic heterocycles. The van der Waals surface area contributed by atoms with E-state index in [1.54, 1.807) is 0 Å². The van der Waals surface area contributed by atoms with Crippen LogP contribution >= 0.6 is 0 Å². The minimum absolute atomic E-state index is 0.396. The smallest absolute Gasteiger partial charge is 0.257 e. The summed E-state index contributed by atoms with van der Waals surface area (Å²) in [6, 6.07) is 5.59. The summed E-state index contributed by atoms with van der Waals surface area (Å²) in [6.45, 7) is 3.94. The van der Waals surface area contributed by atoms with Crippen LogP contribution in [0.1, 0.15) is 25.3 Å². The molecule has 0 saturated heterocycles. The molecule has 17 heavy (non-hydrogen) atoms. The van der Waals surface area contributed by atoms with E-state index in [0.717, 1.165) is 12.0 Å². The Labute approximate surface area is 101 Å². The van der Waals surface area contributed by atoms with Crippen molar-refractivity contribution in [3.63, 3.8) is 0 Å². The van der Waals surface area contributed by atoms with Crippen LogP contribution in [0, 0.1) is 6.92 Å². The number of carbonyl (C=O) groups is 1. The second-order valence-corrected chi connectivity index (χ2v) is 4.38. The highest BCUT2D eigenvalue weighted by Crippen LogP contribution is 2.30. The fourth-order valence-electron chi connectivity index (χ4n) is 1.95. The van der Waals surface area contributed by atoms with Crippen LogP contribution in [0.3, 0.4) is 0 Å². The number of amides is 1. The largest absolute Gasteiger partial charge is 0.485 e. The van der Waals surface area contributed by atoms with E-state index < -0.39 is 18.1 Å². The van der Waals surface area contributed by atoms with E-state index in [2.05, 4.69) is 5.32 Å². The Balaban J connectivity index is 2.34. The normalized spacial score (nSPS) is 23.4. The van der Waals surface area contributed by atoms with Crippen molar-refractivity contribution in [3.8, 4) is 5.75 Å². The maximum atomic E-state index is 11.7. The van der Waals surface area contributed by atoms with E-state index in [-0.39, 0.29) is 0 Å². The Morgan fingerprint density at radius 1 is 1.47 bits per heavy atom. The molecule has 2 N–H and O–H groups in total. The molecule has 4 heteroatoms. The molecule has 1 aliphatic rings. The summed E-state index contributed by atoms with van der Waals surface area (Å²) in [5, 5.41) is 12.5. The molecule has 92 valence electrons. The molecule has 0 fully saturated rings. The third kappa shape index (κ3) is 2.42. The molecule has 1 heterocycles. The van der Waals surface area contributed by atoms with Gasteiger partial charge in [-0.1, -0.05) is 19.4 Å². The highest BCUT2D eigenvalue weighted by atomic mass is 16.5. The number of anilines is 1. The maximum Gasteiger partial charge on any atom is 0.257 e. The Kier molecular flexibility index (Phi) is 3.33. The predicted octanol–water partition coefficient (Wildman–Crippen LogP) is 1.86. The number of benzene rings is 1. The number of ether oxygens (including phenoxy) is 1. The summed E-state index contributed by atoms with van der Waals surface area (Å²) in [6.07, 6.45) is -0.0652. The monoisotopic (exact) mass is 235 g/mol. The van der Waals surface area contributed by atoms with Gasteiger partial charge in [0.15, 0.2) is 6.10 Å². The first-order valence-corrected chi connectivity index (χ1v) is 5.88. The van der Waals surface area contributed by atoms with Gasteiger partial charge in [-0.2, -0.15) is 0 Å². The lowest BCUT2D eigenvalue weighted by Crippen LogP contribution is -2.39. The first kappa shape index (κ1) is 11.9. The van der Waals surface area contributed by atoms with Crippen LogP contribution in [0.5, 0.6) is 5.75 Å². The van der Waals surface area contributed by atoms with Crippen molar-refractivity contribution < 1.29 is 14.6 Å². The van der Waals surface area contributed by atoms with Crippen molar-refractivity contribution in [2.24, 2.45) is 0 Å². The Bertz CT molecular complexity index is 431. The van der Waals surface area contributed by atoms with Gasteiger partial charge in [0.25, 0.3) is 5.91 Å². The highest BCUT2D eigenvalue weighted by molar-refractivity contribution is 5.96. The van der Waals surface area contributed by atoms with Crippen LogP contribution in [-0.4, -0.2) is 23.2 Å². The zero-order valence-corrected chi connectivity index (χ0v) is 10.1. The van der Waals surface area contributed by atoms with Gasteiger partial charge in [0.1, 0.15) is 11.9 Å². The molecule has 1 amide bonds. The fraction of sp³-hybridized carbons (Fsp3) is 0.462. The number of carbonyl (C=O) groups excluding carboxylic acids is 1. The summed E-state index contributed by atoms with van der Waals surface area (Å²) in [5.74, 6) is 0.228. The van der Waals surface area contributed by atoms with E-state index in [1.165, 1.54) is 0 Å². The lowest BCUT2D eigenvalue weighted by atomic mass is 10.1. The lowest BCUT2D eigenvalue weighted by molar-refractivity contribution is -0.128. The maximum absolute atomic E-state index is 11.7. The van der Waals surface area contributed by atoms with Gasteiger partial charge in [-0.3, -0.25) is 4.79 Å². The highest BCUT2D eigenvalue weighted by Gasteiger charge is 2.31. The molecule has 0 saturated carbocycles. The topological polar surface area (TPSA) is 58.6 Å². The van der Waals surface area contributed by atoms with Crippen LogP contribution in [0.25, 0.3) is 0 Å². The summed E-state index contributed by atoms with van der Waals surface area (Å²) in [7, 11) is 0. The SMILES string of the molecule is CCC[C@H]1Oc2ccc(C)cc2NC(=O)[C@@H]1O. The second kappa shape index (κ2) is 4.75. The third-order valence-electron chi connectivity index (χ3n) is 2.87. The van der Waals surface area contributed by atoms with Crippen molar-refractivity contribution in [3.05, 3.63) is 23.8 Å². The average molecular weight is 235 g/mol. The molecule has 0 aromatic heterocycles. The summed E-state index contributed by atoms with van der Waals surface area (Å²) in [4.78, 5) is 11.7. The molecule has 1 aromatic rings. The first-order valence-electron chi connectivity index (χ1n) is 5.88. The van der Waals surface area contributed by atoms with Crippen molar-refractivity contribution in [1.82, 2.24) is 0 Å². The quantitative estimate of drug-likeness (QED) is 0.822. The van der Waals surface area contributed by atoms with E-state index in [1.807, 2.05) is 32.0 Å². The minimum Gasteiger partial charge on any atom is -0.485 e. The van der Waals surface area contributed by atoms with E-state index >= 15 is 0 Å². The summed E-state index contributed by atoms with van der Waals surface area (Å²) in [5.41, 5.74) is 1.67. The van der Waals surface area contributed by atoms with Gasteiger partial charge in [-0.25, -0.2) is 0 Å². The molecule has 2 atom stereocenters. The van der Waals surface area contributed by atoms with Gasteiger partial charge >= 0.3 is 0 Å². The fourth-order valence-corrected chi connectivity index (χ4v) is 1.95. The molecular weight excluding hydrogens is 218 g/mol. The predicted molar refractivity (Wildman–Crippen MR) is 65.1 cm³/mol. The Morgan fingerprint density at radius 3 is 2.94 bits per heavy atom. The van der Waals surface area contributed by atoms with Crippen LogP contribution in [-0.2, 0) is 4.79 Å². The minimum atomic E-state index is -1.11. The number of aryl methyl sites for hydroxylation is 1. The molecule has 0 bridgehead atoms. The van der Waals surface area contributed by atoms with Gasteiger partial charge in [0.05, 0.1) is 5.69 Å². The van der Waals surface area contributed by atoms with Crippen LogP contribution in [0.4, 0.5) is 5.69 Å². The average Bonchev–Trinajstić information content (AvgIpc) is 2.40. The van der Waals surface area contributed by atoms with Crippen LogP contribution in [0.15, 0.2) is 18.2 Å². The number of aliphatic hydroxyl groups excluding tert-OH is 1. The number of hydrogen-bond acceptors (Lipinski definition) is 3. The number of nitrogens with one attached hydrogen (secondary N) is 1. The molecule has 0 spiro atoms.